The molecule has 2 atom stereocenters. The molecule has 0 bridgehead atoms. The fraction of sp³-hybridized carbons (Fsp3) is 0.588. The van der Waals surface area contributed by atoms with Crippen molar-refractivity contribution in [3.05, 3.63) is 29.8 Å². The molecule has 3 N–H and O–H groups in total. The minimum absolute atomic E-state index is 0.162. The number of hydrogen-bond acceptors (Lipinski definition) is 5. The smallest absolute Gasteiger partial charge is 0.243 e. The van der Waals surface area contributed by atoms with Gasteiger partial charge in [0.25, 0.3) is 0 Å². The first kappa shape index (κ1) is 21.6. The Morgan fingerprint density at radius 1 is 1.24 bits per heavy atom. The molecule has 1 amide bonds. The number of nitrogens with zero attached hydrogens (tertiary/aromatic N) is 1. The molecule has 0 aliphatic heterocycles. The van der Waals surface area contributed by atoms with Crippen LogP contribution in [0.3, 0.4) is 0 Å². The maximum atomic E-state index is 12.5. The quantitative estimate of drug-likeness (QED) is 0.645. The SMILES string of the molecule is CCN(CC)S(=O)(=O)c1ccc(C(C)NC(=O)CC(CN)OC)cc1. The van der Waals surface area contributed by atoms with Crippen molar-refractivity contribution in [3.8, 4) is 0 Å². The summed E-state index contributed by atoms with van der Waals surface area (Å²) < 4.78 is 31.4. The third-order valence-corrected chi connectivity index (χ3v) is 6.17. The Bertz CT molecular complexity index is 638. The highest BCUT2D eigenvalue weighted by molar-refractivity contribution is 7.89. The van der Waals surface area contributed by atoms with Gasteiger partial charge in [-0.05, 0) is 24.6 Å². The maximum Gasteiger partial charge on any atom is 0.243 e. The summed E-state index contributed by atoms with van der Waals surface area (Å²) in [6.07, 6.45) is -0.125. The second kappa shape index (κ2) is 9.86. The lowest BCUT2D eigenvalue weighted by atomic mass is 10.1. The molecule has 0 saturated carbocycles. The van der Waals surface area contributed by atoms with E-state index < -0.39 is 10.0 Å². The molecule has 0 radical (unpaired) electrons. The zero-order valence-corrected chi connectivity index (χ0v) is 16.2. The number of methoxy groups -OCH3 is 1. The van der Waals surface area contributed by atoms with E-state index in [2.05, 4.69) is 5.32 Å². The number of rotatable bonds is 10. The molecular formula is C17H29N3O4S. The summed E-state index contributed by atoms with van der Waals surface area (Å²) in [5.74, 6) is -0.162. The van der Waals surface area contributed by atoms with Crippen LogP contribution in [0.2, 0.25) is 0 Å². The van der Waals surface area contributed by atoms with Gasteiger partial charge in [-0.15, -0.1) is 0 Å². The number of nitrogens with two attached hydrogens (primary N) is 1. The van der Waals surface area contributed by atoms with Crippen LogP contribution in [0.4, 0.5) is 0 Å². The highest BCUT2D eigenvalue weighted by atomic mass is 32.2. The van der Waals surface area contributed by atoms with Gasteiger partial charge in [-0.3, -0.25) is 4.79 Å². The van der Waals surface area contributed by atoms with E-state index in [9.17, 15) is 13.2 Å². The molecule has 0 spiro atoms. The third kappa shape index (κ3) is 5.78. The summed E-state index contributed by atoms with van der Waals surface area (Å²) in [6.45, 7) is 6.58. The van der Waals surface area contributed by atoms with Gasteiger partial charge in [0.15, 0.2) is 0 Å². The van der Waals surface area contributed by atoms with Crippen LogP contribution in [0.15, 0.2) is 29.2 Å². The lowest BCUT2D eigenvalue weighted by molar-refractivity contribution is -0.124. The number of benzene rings is 1. The number of nitrogens with one attached hydrogen (secondary N) is 1. The molecule has 142 valence electrons. The van der Waals surface area contributed by atoms with Crippen LogP contribution < -0.4 is 11.1 Å². The molecule has 25 heavy (non-hydrogen) atoms. The number of carbonyl (C=O) groups excluding carboxylic acids is 1. The molecule has 0 aliphatic carbocycles. The van der Waals surface area contributed by atoms with Gasteiger partial charge in [0.1, 0.15) is 0 Å². The molecule has 1 rings (SSSR count). The highest BCUT2D eigenvalue weighted by Crippen LogP contribution is 2.19. The first-order chi connectivity index (χ1) is 11.8. The lowest BCUT2D eigenvalue weighted by Crippen LogP contribution is -2.33. The van der Waals surface area contributed by atoms with E-state index in [1.54, 1.807) is 24.3 Å². The van der Waals surface area contributed by atoms with E-state index in [0.29, 0.717) is 13.1 Å². The van der Waals surface area contributed by atoms with Gasteiger partial charge >= 0.3 is 0 Å². The van der Waals surface area contributed by atoms with Crippen LogP contribution in [0.25, 0.3) is 0 Å². The second-order valence-electron chi connectivity index (χ2n) is 5.75. The Hall–Kier alpha value is -1.48. The van der Waals surface area contributed by atoms with Crippen LogP contribution in [-0.2, 0) is 19.6 Å². The third-order valence-electron chi connectivity index (χ3n) is 4.11. The molecule has 1 aromatic rings. The average Bonchev–Trinajstić information content (AvgIpc) is 2.60. The predicted molar refractivity (Wildman–Crippen MR) is 97.6 cm³/mol. The number of amides is 1. The molecule has 7 nitrogen and oxygen atoms in total. The van der Waals surface area contributed by atoms with Crippen LogP contribution in [-0.4, -0.2) is 51.5 Å². The zero-order valence-electron chi connectivity index (χ0n) is 15.4. The van der Waals surface area contributed by atoms with Gasteiger partial charge in [-0.25, -0.2) is 8.42 Å². The summed E-state index contributed by atoms with van der Waals surface area (Å²) in [7, 11) is -1.96. The minimum Gasteiger partial charge on any atom is -0.380 e. The Balaban J connectivity index is 2.80. The summed E-state index contributed by atoms with van der Waals surface area (Å²) in [5, 5.41) is 2.86. The van der Waals surface area contributed by atoms with Crippen molar-refractivity contribution in [1.29, 1.82) is 0 Å². The van der Waals surface area contributed by atoms with Crippen molar-refractivity contribution in [2.24, 2.45) is 5.73 Å². The van der Waals surface area contributed by atoms with Gasteiger partial charge in [0.05, 0.1) is 23.5 Å². The molecule has 1 aromatic carbocycles. The predicted octanol–water partition coefficient (Wildman–Crippen LogP) is 1.26. The topological polar surface area (TPSA) is 102 Å². The largest absolute Gasteiger partial charge is 0.380 e. The van der Waals surface area contributed by atoms with Gasteiger partial charge in [-0.1, -0.05) is 26.0 Å². The van der Waals surface area contributed by atoms with Crippen LogP contribution in [0, 0.1) is 0 Å². The molecule has 0 aliphatic rings. The van der Waals surface area contributed by atoms with Crippen LogP contribution in [0.5, 0.6) is 0 Å². The number of sulfonamides is 1. The van der Waals surface area contributed by atoms with Crippen molar-refractivity contribution in [1.82, 2.24) is 9.62 Å². The van der Waals surface area contributed by atoms with Gasteiger partial charge in [-0.2, -0.15) is 4.31 Å². The van der Waals surface area contributed by atoms with E-state index in [1.807, 2.05) is 20.8 Å². The highest BCUT2D eigenvalue weighted by Gasteiger charge is 2.22. The monoisotopic (exact) mass is 371 g/mol. The molecular weight excluding hydrogens is 342 g/mol. The Kier molecular flexibility index (Phi) is 8.51. The van der Waals surface area contributed by atoms with E-state index >= 15 is 0 Å². The van der Waals surface area contributed by atoms with Crippen molar-refractivity contribution < 1.29 is 17.9 Å². The van der Waals surface area contributed by atoms with Crippen molar-refractivity contribution in [2.75, 3.05) is 26.7 Å². The number of carbonyl (C=O) groups is 1. The summed E-state index contributed by atoms with van der Waals surface area (Å²) in [5.41, 5.74) is 6.34. The molecule has 0 aromatic heterocycles. The van der Waals surface area contributed by atoms with Crippen LogP contribution in [0.1, 0.15) is 38.8 Å². The Morgan fingerprint density at radius 3 is 2.24 bits per heavy atom. The molecule has 8 heteroatoms. The van der Waals surface area contributed by atoms with Crippen LogP contribution >= 0.6 is 0 Å². The van der Waals surface area contributed by atoms with Crippen molar-refractivity contribution in [2.45, 2.75) is 44.2 Å². The fourth-order valence-corrected chi connectivity index (χ4v) is 3.95. The Labute approximate surface area is 150 Å². The summed E-state index contributed by atoms with van der Waals surface area (Å²) >= 11 is 0. The first-order valence-electron chi connectivity index (χ1n) is 8.42. The number of hydrogen-bond donors (Lipinski definition) is 2. The lowest BCUT2D eigenvalue weighted by Gasteiger charge is -2.20. The second-order valence-corrected chi connectivity index (χ2v) is 7.68. The van der Waals surface area contributed by atoms with E-state index in [0.717, 1.165) is 5.56 Å². The molecule has 2 unspecified atom stereocenters. The normalized spacial score (nSPS) is 14.3. The van der Waals surface area contributed by atoms with Gasteiger partial charge in [0, 0.05) is 26.7 Å². The van der Waals surface area contributed by atoms with Gasteiger partial charge < -0.3 is 15.8 Å². The fourth-order valence-electron chi connectivity index (χ4n) is 2.49. The van der Waals surface area contributed by atoms with Gasteiger partial charge in [0.2, 0.25) is 15.9 Å². The maximum absolute atomic E-state index is 12.5. The Morgan fingerprint density at radius 2 is 1.80 bits per heavy atom. The average molecular weight is 372 g/mol. The zero-order chi connectivity index (χ0) is 19.0. The van der Waals surface area contributed by atoms with E-state index in [4.69, 9.17) is 10.5 Å². The standard InChI is InChI=1S/C17H29N3O4S/c1-5-20(6-2)25(22,23)16-9-7-14(8-10-16)13(3)19-17(21)11-15(12-18)24-4/h7-10,13,15H,5-6,11-12,18H2,1-4H3,(H,19,21). The minimum atomic E-state index is -3.47. The van der Waals surface area contributed by atoms with Crippen molar-refractivity contribution in [3.63, 3.8) is 0 Å². The molecule has 0 fully saturated rings. The molecule has 0 saturated heterocycles. The first-order valence-corrected chi connectivity index (χ1v) is 9.86. The molecule has 0 heterocycles. The van der Waals surface area contributed by atoms with Crippen molar-refractivity contribution >= 4 is 15.9 Å². The summed E-state index contributed by atoms with van der Waals surface area (Å²) in [6, 6.07) is 6.34. The van der Waals surface area contributed by atoms with E-state index in [1.165, 1.54) is 11.4 Å². The summed E-state index contributed by atoms with van der Waals surface area (Å²) in [4.78, 5) is 12.2. The van der Waals surface area contributed by atoms with E-state index in [-0.39, 0.29) is 35.9 Å². The number of ether oxygens (including phenoxy) is 1.